The fourth-order valence-electron chi connectivity index (χ4n) is 2.59. The van der Waals surface area contributed by atoms with E-state index in [9.17, 15) is 13.2 Å². The van der Waals surface area contributed by atoms with E-state index in [0.717, 1.165) is 5.69 Å². The zero-order valence-corrected chi connectivity index (χ0v) is 14.9. The highest BCUT2D eigenvalue weighted by molar-refractivity contribution is 7.89. The number of piperazine rings is 1. The van der Waals surface area contributed by atoms with Gasteiger partial charge < -0.3 is 9.64 Å². The maximum atomic E-state index is 12.1. The van der Waals surface area contributed by atoms with E-state index >= 15 is 0 Å². The topological polar surface area (TPSA) is 66.9 Å². The van der Waals surface area contributed by atoms with Crippen LogP contribution in [-0.2, 0) is 14.8 Å². The number of halogens is 1. The van der Waals surface area contributed by atoms with Crippen LogP contribution in [0.25, 0.3) is 0 Å². The molecule has 1 aromatic carbocycles. The molecule has 1 aliphatic rings. The summed E-state index contributed by atoms with van der Waals surface area (Å²) in [7, 11) is -1.85. The minimum absolute atomic E-state index is 0.172. The monoisotopic (exact) mass is 360 g/mol. The summed E-state index contributed by atoms with van der Waals surface area (Å²) in [6.45, 7) is 3.76. The van der Waals surface area contributed by atoms with Crippen molar-refractivity contribution in [3.05, 3.63) is 28.8 Å². The number of anilines is 1. The summed E-state index contributed by atoms with van der Waals surface area (Å²) in [6.07, 6.45) is 0.607. The highest BCUT2D eigenvalue weighted by atomic mass is 35.5. The lowest BCUT2D eigenvalue weighted by Crippen LogP contribution is -2.49. The first kappa shape index (κ1) is 18.0. The number of carbonyl (C=O) groups excluding carboxylic acids is 1. The quantitative estimate of drug-likeness (QED) is 0.751. The Morgan fingerprint density at radius 2 is 1.91 bits per heavy atom. The van der Waals surface area contributed by atoms with Gasteiger partial charge in [0.1, 0.15) is 0 Å². The number of esters is 1. The normalized spacial score (nSPS) is 16.4. The van der Waals surface area contributed by atoms with Crippen molar-refractivity contribution in [3.63, 3.8) is 0 Å². The molecule has 1 aliphatic heterocycles. The van der Waals surface area contributed by atoms with Crippen molar-refractivity contribution in [3.8, 4) is 0 Å². The second-order valence-corrected chi connectivity index (χ2v) is 7.86. The number of ether oxygens (including phenoxy) is 1. The Morgan fingerprint density at radius 1 is 1.26 bits per heavy atom. The van der Waals surface area contributed by atoms with Crippen molar-refractivity contribution in [2.45, 2.75) is 13.3 Å². The van der Waals surface area contributed by atoms with Gasteiger partial charge in [-0.2, -0.15) is 4.31 Å². The molecule has 0 radical (unpaired) electrons. The van der Waals surface area contributed by atoms with Gasteiger partial charge in [0.05, 0.1) is 29.1 Å². The van der Waals surface area contributed by atoms with Crippen LogP contribution < -0.4 is 4.90 Å². The van der Waals surface area contributed by atoms with Crippen LogP contribution >= 0.6 is 11.6 Å². The number of methoxy groups -OCH3 is 1. The van der Waals surface area contributed by atoms with Gasteiger partial charge in [0.25, 0.3) is 0 Å². The van der Waals surface area contributed by atoms with E-state index in [4.69, 9.17) is 16.3 Å². The second kappa shape index (κ2) is 7.51. The molecule has 0 atom stereocenters. The van der Waals surface area contributed by atoms with Crippen molar-refractivity contribution in [2.75, 3.05) is 43.9 Å². The predicted octanol–water partition coefficient (Wildman–Crippen LogP) is 1.99. The van der Waals surface area contributed by atoms with Gasteiger partial charge in [-0.1, -0.05) is 18.5 Å². The fourth-order valence-corrected chi connectivity index (χ4v) is 4.32. The van der Waals surface area contributed by atoms with Crippen LogP contribution in [0, 0.1) is 0 Å². The highest BCUT2D eigenvalue weighted by Gasteiger charge is 2.27. The average Bonchev–Trinajstić information content (AvgIpc) is 2.54. The van der Waals surface area contributed by atoms with Crippen molar-refractivity contribution < 1.29 is 17.9 Å². The van der Waals surface area contributed by atoms with E-state index < -0.39 is 16.0 Å². The molecule has 1 heterocycles. The summed E-state index contributed by atoms with van der Waals surface area (Å²) >= 11 is 6.23. The SMILES string of the molecule is CCCS(=O)(=O)N1CCN(c2cc(C(=O)OC)ccc2Cl)CC1. The van der Waals surface area contributed by atoms with Gasteiger partial charge in [-0.05, 0) is 24.6 Å². The van der Waals surface area contributed by atoms with Crippen molar-refractivity contribution in [2.24, 2.45) is 0 Å². The van der Waals surface area contributed by atoms with Crippen LogP contribution in [-0.4, -0.2) is 57.7 Å². The smallest absolute Gasteiger partial charge is 0.337 e. The minimum atomic E-state index is -3.18. The van der Waals surface area contributed by atoms with Crippen LogP contribution in [0.3, 0.4) is 0 Å². The molecule has 0 amide bonds. The van der Waals surface area contributed by atoms with E-state index in [1.54, 1.807) is 18.2 Å². The number of rotatable bonds is 5. The molecular weight excluding hydrogens is 340 g/mol. The number of hydrogen-bond donors (Lipinski definition) is 0. The molecule has 0 bridgehead atoms. The van der Waals surface area contributed by atoms with Gasteiger partial charge in [0.15, 0.2) is 0 Å². The molecule has 2 rings (SSSR count). The van der Waals surface area contributed by atoms with E-state index in [2.05, 4.69) is 0 Å². The molecule has 6 nitrogen and oxygen atoms in total. The molecule has 8 heteroatoms. The van der Waals surface area contributed by atoms with Gasteiger partial charge in [-0.3, -0.25) is 0 Å². The van der Waals surface area contributed by atoms with Crippen LogP contribution in [0.1, 0.15) is 23.7 Å². The molecule has 1 fully saturated rings. The summed E-state index contributed by atoms with van der Waals surface area (Å²) in [4.78, 5) is 13.6. The summed E-state index contributed by atoms with van der Waals surface area (Å²) in [6, 6.07) is 4.95. The maximum absolute atomic E-state index is 12.1. The second-order valence-electron chi connectivity index (χ2n) is 5.36. The Bertz CT molecular complexity index is 670. The molecular formula is C15H21ClN2O4S. The first-order valence-corrected chi connectivity index (χ1v) is 9.48. The van der Waals surface area contributed by atoms with Crippen molar-refractivity contribution in [1.82, 2.24) is 4.31 Å². The highest BCUT2D eigenvalue weighted by Crippen LogP contribution is 2.28. The van der Waals surface area contributed by atoms with E-state index in [0.29, 0.717) is 43.2 Å². The molecule has 1 saturated heterocycles. The Kier molecular flexibility index (Phi) is 5.89. The van der Waals surface area contributed by atoms with Gasteiger partial charge in [0, 0.05) is 26.2 Å². The lowest BCUT2D eigenvalue weighted by Gasteiger charge is -2.35. The molecule has 128 valence electrons. The lowest BCUT2D eigenvalue weighted by molar-refractivity contribution is 0.0601. The Balaban J connectivity index is 2.12. The molecule has 1 aromatic rings. The molecule has 0 spiro atoms. The third-order valence-corrected chi connectivity index (χ3v) is 6.20. The number of sulfonamides is 1. The Morgan fingerprint density at radius 3 is 2.48 bits per heavy atom. The van der Waals surface area contributed by atoms with Crippen LogP contribution in [0.5, 0.6) is 0 Å². The average molecular weight is 361 g/mol. The Labute approximate surface area is 142 Å². The fraction of sp³-hybridized carbons (Fsp3) is 0.533. The molecule has 0 unspecified atom stereocenters. The largest absolute Gasteiger partial charge is 0.465 e. The summed E-state index contributed by atoms with van der Waals surface area (Å²) in [5.74, 6) is -0.252. The zero-order valence-electron chi connectivity index (χ0n) is 13.3. The van der Waals surface area contributed by atoms with Crippen molar-refractivity contribution >= 4 is 33.3 Å². The van der Waals surface area contributed by atoms with Crippen LogP contribution in [0.15, 0.2) is 18.2 Å². The van der Waals surface area contributed by atoms with E-state index in [1.807, 2.05) is 11.8 Å². The molecule has 0 saturated carbocycles. The number of carbonyl (C=O) groups is 1. The van der Waals surface area contributed by atoms with E-state index in [1.165, 1.54) is 11.4 Å². The summed E-state index contributed by atoms with van der Waals surface area (Å²) < 4.78 is 30.4. The third kappa shape index (κ3) is 4.16. The zero-order chi connectivity index (χ0) is 17.0. The van der Waals surface area contributed by atoms with Gasteiger partial charge in [-0.25, -0.2) is 13.2 Å². The number of benzene rings is 1. The van der Waals surface area contributed by atoms with Crippen LogP contribution in [0.2, 0.25) is 5.02 Å². The standard InChI is InChI=1S/C15H21ClN2O4S/c1-3-10-23(20,21)18-8-6-17(7-9-18)14-11-12(15(19)22-2)4-5-13(14)16/h4-5,11H,3,6-10H2,1-2H3. The molecule has 0 N–H and O–H groups in total. The molecule has 0 aromatic heterocycles. The third-order valence-electron chi connectivity index (χ3n) is 3.80. The summed E-state index contributed by atoms with van der Waals surface area (Å²) in [5.41, 5.74) is 1.15. The summed E-state index contributed by atoms with van der Waals surface area (Å²) in [5, 5.41) is 0.530. The first-order chi connectivity index (χ1) is 10.9. The minimum Gasteiger partial charge on any atom is -0.465 e. The lowest BCUT2D eigenvalue weighted by atomic mass is 10.1. The van der Waals surface area contributed by atoms with Gasteiger partial charge in [-0.15, -0.1) is 0 Å². The maximum Gasteiger partial charge on any atom is 0.337 e. The first-order valence-electron chi connectivity index (χ1n) is 7.49. The van der Waals surface area contributed by atoms with Gasteiger partial charge in [0.2, 0.25) is 10.0 Å². The number of nitrogens with zero attached hydrogens (tertiary/aromatic N) is 2. The molecule has 0 aliphatic carbocycles. The van der Waals surface area contributed by atoms with Gasteiger partial charge >= 0.3 is 5.97 Å². The number of hydrogen-bond acceptors (Lipinski definition) is 5. The van der Waals surface area contributed by atoms with Crippen molar-refractivity contribution in [1.29, 1.82) is 0 Å². The van der Waals surface area contributed by atoms with Crippen LogP contribution in [0.4, 0.5) is 5.69 Å². The molecule has 23 heavy (non-hydrogen) atoms. The Hall–Kier alpha value is -1.31. The predicted molar refractivity (Wildman–Crippen MR) is 90.7 cm³/mol. The van der Waals surface area contributed by atoms with E-state index in [-0.39, 0.29) is 5.75 Å².